The largest absolute Gasteiger partial charge is 0.586 e. The van der Waals surface area contributed by atoms with Gasteiger partial charge in [-0.2, -0.15) is 0 Å². The normalized spacial score (nSPS) is 13.2. The van der Waals surface area contributed by atoms with Gasteiger partial charge in [0.2, 0.25) is 0 Å². The van der Waals surface area contributed by atoms with E-state index in [1.165, 1.54) is 24.4 Å². The molecule has 4 N–H and O–H groups in total. The molecule has 0 bridgehead atoms. The first kappa shape index (κ1) is 23.9. The van der Waals surface area contributed by atoms with Crippen LogP contribution in [0.15, 0.2) is 60.8 Å². The van der Waals surface area contributed by atoms with Crippen LogP contribution in [0.3, 0.4) is 0 Å². The molecule has 0 fully saturated rings. The predicted octanol–water partition coefficient (Wildman–Crippen LogP) is 3.38. The molecule has 0 unspecified atom stereocenters. The topological polar surface area (TPSA) is 122 Å². The Hall–Kier alpha value is -4.25. The van der Waals surface area contributed by atoms with Crippen LogP contribution in [0.1, 0.15) is 32.8 Å². The monoisotopic (exact) mass is 484 g/mol. The highest BCUT2D eigenvalue weighted by Gasteiger charge is 2.43. The molecule has 0 saturated heterocycles. The minimum absolute atomic E-state index is 0.0186. The number of pyridine rings is 1. The maximum Gasteiger partial charge on any atom is 0.586 e. The molecule has 0 aliphatic carbocycles. The zero-order chi connectivity index (χ0) is 24.8. The number of rotatable bonds is 9. The standard InChI is InChI=1S/C24H22F2N4O5/c25-24(26)34-20-7-6-16(13-21(20)35-24)30-22(32)17-4-1-2-5-18(17)29-14-15-8-10-27-19(12-15)23(33)28-9-3-11-31/h1-2,4-8,10,12-13,29,31H,3,9,11,14H2,(H,28,33)(H,30,32). The van der Waals surface area contributed by atoms with E-state index >= 15 is 0 Å². The van der Waals surface area contributed by atoms with Gasteiger partial charge >= 0.3 is 6.29 Å². The van der Waals surface area contributed by atoms with Crippen LogP contribution < -0.4 is 25.4 Å². The number of aliphatic hydroxyl groups excluding tert-OH is 1. The van der Waals surface area contributed by atoms with Crippen molar-refractivity contribution in [3.8, 4) is 11.5 Å². The van der Waals surface area contributed by atoms with E-state index < -0.39 is 12.2 Å². The molecule has 4 rings (SSSR count). The van der Waals surface area contributed by atoms with Crippen LogP contribution in [0.2, 0.25) is 0 Å². The van der Waals surface area contributed by atoms with Gasteiger partial charge in [-0.25, -0.2) is 0 Å². The molecule has 182 valence electrons. The Kier molecular flexibility index (Phi) is 7.06. The van der Waals surface area contributed by atoms with Crippen LogP contribution in [-0.4, -0.2) is 41.4 Å². The van der Waals surface area contributed by atoms with Crippen molar-refractivity contribution in [3.63, 3.8) is 0 Å². The van der Waals surface area contributed by atoms with Crippen molar-refractivity contribution in [2.24, 2.45) is 0 Å². The second kappa shape index (κ2) is 10.3. The van der Waals surface area contributed by atoms with Crippen LogP contribution in [0, 0.1) is 0 Å². The molecule has 0 radical (unpaired) electrons. The van der Waals surface area contributed by atoms with Crippen LogP contribution in [-0.2, 0) is 6.54 Å². The smallest absolute Gasteiger partial charge is 0.396 e. The van der Waals surface area contributed by atoms with Gasteiger partial charge in [0.1, 0.15) is 5.69 Å². The Bertz CT molecular complexity index is 1240. The number of para-hydroxylation sites is 1. The summed E-state index contributed by atoms with van der Waals surface area (Å²) in [5.74, 6) is -1.10. The summed E-state index contributed by atoms with van der Waals surface area (Å²) in [7, 11) is 0. The molecular weight excluding hydrogens is 462 g/mol. The van der Waals surface area contributed by atoms with E-state index in [2.05, 4.69) is 30.4 Å². The molecule has 2 amide bonds. The lowest BCUT2D eigenvalue weighted by Crippen LogP contribution is -2.26. The van der Waals surface area contributed by atoms with E-state index in [1.807, 2.05) is 0 Å². The van der Waals surface area contributed by atoms with Crippen LogP contribution in [0.4, 0.5) is 20.2 Å². The molecule has 2 aromatic carbocycles. The Morgan fingerprint density at radius 2 is 1.80 bits per heavy atom. The number of nitrogens with one attached hydrogen (secondary N) is 3. The highest BCUT2D eigenvalue weighted by Crippen LogP contribution is 2.42. The summed E-state index contributed by atoms with van der Waals surface area (Å²) in [6.45, 7) is 0.631. The highest BCUT2D eigenvalue weighted by atomic mass is 19.3. The average Bonchev–Trinajstić information content (AvgIpc) is 3.16. The number of halogens is 2. The number of ether oxygens (including phenoxy) is 2. The highest BCUT2D eigenvalue weighted by molar-refractivity contribution is 6.08. The summed E-state index contributed by atoms with van der Waals surface area (Å²) >= 11 is 0. The van der Waals surface area contributed by atoms with E-state index in [4.69, 9.17) is 5.11 Å². The number of hydrogen-bond acceptors (Lipinski definition) is 7. The lowest BCUT2D eigenvalue weighted by atomic mass is 10.1. The SMILES string of the molecule is O=C(NCCCO)c1cc(CNc2ccccc2C(=O)Nc2ccc3c(c2)OC(F)(F)O3)ccn1. The van der Waals surface area contributed by atoms with Crippen molar-refractivity contribution in [2.45, 2.75) is 19.3 Å². The molecule has 1 aromatic heterocycles. The number of alkyl halides is 2. The lowest BCUT2D eigenvalue weighted by Gasteiger charge is -2.13. The number of amides is 2. The van der Waals surface area contributed by atoms with Crippen molar-refractivity contribution in [2.75, 3.05) is 23.8 Å². The summed E-state index contributed by atoms with van der Waals surface area (Å²) in [6.07, 6.45) is -1.78. The minimum atomic E-state index is -3.74. The average molecular weight is 484 g/mol. The van der Waals surface area contributed by atoms with Crippen LogP contribution in [0.25, 0.3) is 0 Å². The Balaban J connectivity index is 1.42. The fraction of sp³-hybridized carbons (Fsp3) is 0.208. The summed E-state index contributed by atoms with van der Waals surface area (Å²) in [5, 5.41) is 17.3. The predicted molar refractivity (Wildman–Crippen MR) is 123 cm³/mol. The lowest BCUT2D eigenvalue weighted by molar-refractivity contribution is -0.286. The molecule has 1 aliphatic heterocycles. The van der Waals surface area contributed by atoms with Gasteiger partial charge in [-0.3, -0.25) is 14.6 Å². The number of hydrogen-bond donors (Lipinski definition) is 4. The van der Waals surface area contributed by atoms with Gasteiger partial charge in [-0.15, -0.1) is 8.78 Å². The third-order valence-electron chi connectivity index (χ3n) is 4.99. The summed E-state index contributed by atoms with van der Waals surface area (Å²) in [6, 6.07) is 14.1. The van der Waals surface area contributed by atoms with E-state index in [-0.39, 0.29) is 35.4 Å². The van der Waals surface area contributed by atoms with E-state index in [9.17, 15) is 18.4 Å². The van der Waals surface area contributed by atoms with E-state index in [0.29, 0.717) is 30.8 Å². The zero-order valence-corrected chi connectivity index (χ0v) is 18.4. The summed E-state index contributed by atoms with van der Waals surface area (Å²) in [4.78, 5) is 29.1. The van der Waals surface area contributed by atoms with Crippen molar-refractivity contribution in [3.05, 3.63) is 77.6 Å². The molecule has 3 aromatic rings. The zero-order valence-electron chi connectivity index (χ0n) is 18.4. The first-order chi connectivity index (χ1) is 16.8. The fourth-order valence-corrected chi connectivity index (χ4v) is 3.34. The molecule has 0 saturated carbocycles. The molecule has 9 nitrogen and oxygen atoms in total. The maximum atomic E-state index is 13.2. The molecular formula is C24H22F2N4O5. The number of aromatic nitrogens is 1. The third-order valence-corrected chi connectivity index (χ3v) is 4.99. The van der Waals surface area contributed by atoms with Crippen molar-refractivity contribution in [1.29, 1.82) is 0 Å². The minimum Gasteiger partial charge on any atom is -0.396 e. The molecule has 1 aliphatic rings. The first-order valence-electron chi connectivity index (χ1n) is 10.7. The number of carbonyl (C=O) groups excluding carboxylic acids is 2. The van der Waals surface area contributed by atoms with E-state index in [1.54, 1.807) is 36.4 Å². The molecule has 35 heavy (non-hydrogen) atoms. The van der Waals surface area contributed by atoms with Gasteiger partial charge in [0.05, 0.1) is 5.56 Å². The number of benzene rings is 2. The van der Waals surface area contributed by atoms with Crippen LogP contribution >= 0.6 is 0 Å². The molecule has 2 heterocycles. The molecule has 0 spiro atoms. The number of nitrogens with zero attached hydrogens (tertiary/aromatic N) is 1. The van der Waals surface area contributed by atoms with Gasteiger partial charge in [0.25, 0.3) is 11.8 Å². The molecule has 11 heteroatoms. The number of carbonyl (C=O) groups is 2. The quantitative estimate of drug-likeness (QED) is 0.344. The van der Waals surface area contributed by atoms with Crippen molar-refractivity contribution in [1.82, 2.24) is 10.3 Å². The Morgan fingerprint density at radius 1 is 1.00 bits per heavy atom. The second-order valence-corrected chi connectivity index (χ2v) is 7.56. The first-order valence-corrected chi connectivity index (χ1v) is 10.7. The van der Waals surface area contributed by atoms with Gasteiger partial charge in [-0.1, -0.05) is 12.1 Å². The van der Waals surface area contributed by atoms with E-state index in [0.717, 1.165) is 5.56 Å². The maximum absolute atomic E-state index is 13.2. The van der Waals surface area contributed by atoms with Gasteiger partial charge in [0.15, 0.2) is 11.5 Å². The van der Waals surface area contributed by atoms with Gasteiger partial charge < -0.3 is 30.5 Å². The van der Waals surface area contributed by atoms with Crippen molar-refractivity contribution >= 4 is 23.2 Å². The van der Waals surface area contributed by atoms with Crippen molar-refractivity contribution < 1.29 is 33.0 Å². The fourth-order valence-electron chi connectivity index (χ4n) is 3.34. The third kappa shape index (κ3) is 6.01. The summed E-state index contributed by atoms with van der Waals surface area (Å²) < 4.78 is 35.3. The number of aliphatic hydroxyl groups is 1. The Labute approximate surface area is 199 Å². The van der Waals surface area contributed by atoms with Gasteiger partial charge in [-0.05, 0) is 48.4 Å². The Morgan fingerprint density at radius 3 is 2.63 bits per heavy atom. The molecule has 0 atom stereocenters. The summed E-state index contributed by atoms with van der Waals surface area (Å²) in [5.41, 5.74) is 2.12. The van der Waals surface area contributed by atoms with Crippen LogP contribution in [0.5, 0.6) is 11.5 Å². The second-order valence-electron chi connectivity index (χ2n) is 7.56. The number of fused-ring (bicyclic) bond motifs is 1. The number of anilines is 2. The van der Waals surface area contributed by atoms with Gasteiger partial charge in [0, 0.05) is 43.3 Å².